The molecule has 120 valence electrons. The molecule has 23 heavy (non-hydrogen) atoms. The van der Waals surface area contributed by atoms with Gasteiger partial charge in [0.2, 0.25) is 0 Å². The molecule has 0 N–H and O–H groups in total. The quantitative estimate of drug-likeness (QED) is 0.528. The highest BCUT2D eigenvalue weighted by Crippen LogP contribution is 2.28. The normalized spacial score (nSPS) is 11.7. The molecule has 0 fully saturated rings. The summed E-state index contributed by atoms with van der Waals surface area (Å²) in [7, 11) is -3.54. The summed E-state index contributed by atoms with van der Waals surface area (Å²) >= 11 is 1.44. The van der Waals surface area contributed by atoms with Gasteiger partial charge in [-0.05, 0) is 18.4 Å². The number of hydrogen-bond donors (Lipinski definition) is 0. The van der Waals surface area contributed by atoms with Crippen molar-refractivity contribution in [3.63, 3.8) is 0 Å². The first-order chi connectivity index (χ1) is 10.9. The number of rotatable bonds is 4. The van der Waals surface area contributed by atoms with Crippen LogP contribution in [0.1, 0.15) is 17.3 Å². The van der Waals surface area contributed by atoms with Gasteiger partial charge in [-0.15, -0.1) is 11.3 Å². The Morgan fingerprint density at radius 3 is 2.83 bits per heavy atom. The van der Waals surface area contributed by atoms with E-state index in [1.165, 1.54) is 28.1 Å². The minimum Gasteiger partial charge on any atom is -0.462 e. The second kappa shape index (κ2) is 5.74. The summed E-state index contributed by atoms with van der Waals surface area (Å²) in [6.07, 6.45) is 2.41. The topological polar surface area (TPSA) is 90.6 Å². The Hall–Kier alpha value is -2.26. The Labute approximate surface area is 136 Å². The van der Waals surface area contributed by atoms with Crippen molar-refractivity contribution in [2.24, 2.45) is 0 Å². The Morgan fingerprint density at radius 1 is 1.43 bits per heavy atom. The predicted octanol–water partition coefficient (Wildman–Crippen LogP) is 2.04. The van der Waals surface area contributed by atoms with Crippen LogP contribution in [0.25, 0.3) is 16.2 Å². The first-order valence-electron chi connectivity index (χ1n) is 6.71. The molecule has 0 bridgehead atoms. The molecule has 0 aliphatic rings. The van der Waals surface area contributed by atoms with Crippen LogP contribution in [0, 0.1) is 0 Å². The van der Waals surface area contributed by atoms with Gasteiger partial charge in [0.05, 0.1) is 23.4 Å². The molecule has 7 nitrogen and oxygen atoms in total. The highest BCUT2D eigenvalue weighted by atomic mass is 32.2. The van der Waals surface area contributed by atoms with Crippen molar-refractivity contribution >= 4 is 32.8 Å². The van der Waals surface area contributed by atoms with E-state index < -0.39 is 15.8 Å². The van der Waals surface area contributed by atoms with Crippen LogP contribution in [-0.2, 0) is 14.6 Å². The lowest BCUT2D eigenvalue weighted by Crippen LogP contribution is -2.08. The number of aromatic nitrogens is 3. The van der Waals surface area contributed by atoms with Crippen LogP contribution in [-0.4, -0.2) is 41.8 Å². The average Bonchev–Trinajstić information content (AvgIpc) is 3.15. The number of fused-ring (bicyclic) bond motifs is 1. The lowest BCUT2D eigenvalue weighted by molar-refractivity contribution is 0.0528. The van der Waals surface area contributed by atoms with Crippen LogP contribution in [0.15, 0.2) is 34.8 Å². The van der Waals surface area contributed by atoms with E-state index in [-0.39, 0.29) is 22.8 Å². The molecule has 9 heteroatoms. The molecule has 3 aromatic rings. The molecule has 3 heterocycles. The fourth-order valence-electron chi connectivity index (χ4n) is 2.08. The molecule has 0 radical (unpaired) electrons. The van der Waals surface area contributed by atoms with Gasteiger partial charge in [0.25, 0.3) is 0 Å². The average molecular weight is 351 g/mol. The van der Waals surface area contributed by atoms with Gasteiger partial charge in [-0.3, -0.25) is 0 Å². The number of hydrogen-bond acceptors (Lipinski definition) is 7. The first-order valence-corrected chi connectivity index (χ1v) is 9.48. The third-order valence-corrected chi connectivity index (χ3v) is 4.96. The van der Waals surface area contributed by atoms with Crippen LogP contribution >= 0.6 is 11.3 Å². The number of carbonyl (C=O) groups is 1. The third kappa shape index (κ3) is 2.84. The zero-order valence-corrected chi connectivity index (χ0v) is 14.0. The van der Waals surface area contributed by atoms with Crippen molar-refractivity contribution in [2.45, 2.75) is 11.9 Å². The summed E-state index contributed by atoms with van der Waals surface area (Å²) in [6.45, 7) is 1.90. The van der Waals surface area contributed by atoms with Gasteiger partial charge in [0.1, 0.15) is 5.56 Å². The zero-order valence-electron chi connectivity index (χ0n) is 12.4. The van der Waals surface area contributed by atoms with E-state index in [0.29, 0.717) is 5.69 Å². The van der Waals surface area contributed by atoms with Crippen molar-refractivity contribution < 1.29 is 17.9 Å². The molecule has 0 aliphatic carbocycles. The molecule has 0 spiro atoms. The van der Waals surface area contributed by atoms with Crippen molar-refractivity contribution in [1.82, 2.24) is 14.6 Å². The number of carbonyl (C=O) groups excluding carboxylic acids is 1. The Morgan fingerprint density at radius 2 is 2.22 bits per heavy atom. The van der Waals surface area contributed by atoms with E-state index in [1.54, 1.807) is 6.92 Å². The van der Waals surface area contributed by atoms with E-state index in [0.717, 1.165) is 11.1 Å². The molecule has 0 unspecified atom stereocenters. The van der Waals surface area contributed by atoms with Crippen molar-refractivity contribution in [1.29, 1.82) is 0 Å². The standard InChI is InChI=1S/C14H13N3O4S2/c1-3-21-14(18)9-8-15-17-10(11-5-4-6-22-11)7-12(16-13(9)17)23(2,19)20/h4-8H,3H2,1-2H3. The molecule has 0 atom stereocenters. The van der Waals surface area contributed by atoms with Gasteiger partial charge in [0.15, 0.2) is 20.5 Å². The summed E-state index contributed by atoms with van der Waals surface area (Å²) in [5.41, 5.74) is 0.853. The lowest BCUT2D eigenvalue weighted by atomic mass is 10.3. The number of esters is 1. The van der Waals surface area contributed by atoms with Gasteiger partial charge < -0.3 is 4.74 Å². The fraction of sp³-hybridized carbons (Fsp3) is 0.214. The fourth-order valence-corrected chi connectivity index (χ4v) is 3.39. The van der Waals surface area contributed by atoms with E-state index in [4.69, 9.17) is 4.74 Å². The molecular weight excluding hydrogens is 338 g/mol. The third-order valence-electron chi connectivity index (χ3n) is 3.10. The van der Waals surface area contributed by atoms with Gasteiger partial charge in [-0.1, -0.05) is 6.07 Å². The molecule has 0 amide bonds. The Kier molecular flexibility index (Phi) is 3.90. The highest BCUT2D eigenvalue weighted by molar-refractivity contribution is 7.90. The maximum absolute atomic E-state index is 12.0. The van der Waals surface area contributed by atoms with Crippen molar-refractivity contribution in [3.05, 3.63) is 35.3 Å². The van der Waals surface area contributed by atoms with Crippen LogP contribution in [0.3, 0.4) is 0 Å². The van der Waals surface area contributed by atoms with Crippen LogP contribution in [0.2, 0.25) is 0 Å². The molecule has 3 rings (SSSR count). The van der Waals surface area contributed by atoms with E-state index >= 15 is 0 Å². The Balaban J connectivity index is 2.33. The van der Waals surface area contributed by atoms with Gasteiger partial charge in [-0.25, -0.2) is 22.7 Å². The zero-order chi connectivity index (χ0) is 16.6. The second-order valence-corrected chi connectivity index (χ2v) is 7.65. The van der Waals surface area contributed by atoms with E-state index in [1.807, 2.05) is 17.5 Å². The molecule has 0 saturated carbocycles. The maximum Gasteiger partial charge on any atom is 0.343 e. The molecule has 3 aromatic heterocycles. The van der Waals surface area contributed by atoms with Crippen LogP contribution in [0.5, 0.6) is 0 Å². The maximum atomic E-state index is 12.0. The molecular formula is C14H13N3O4S2. The Bertz CT molecular complexity index is 975. The summed E-state index contributed by atoms with van der Waals surface area (Å²) in [4.78, 5) is 16.9. The van der Waals surface area contributed by atoms with E-state index in [2.05, 4.69) is 10.1 Å². The van der Waals surface area contributed by atoms with Crippen molar-refractivity contribution in [2.75, 3.05) is 12.9 Å². The minimum atomic E-state index is -3.54. The summed E-state index contributed by atoms with van der Waals surface area (Å²) in [6, 6.07) is 5.15. The molecule has 0 aliphatic heterocycles. The highest BCUT2D eigenvalue weighted by Gasteiger charge is 2.21. The molecule has 0 aromatic carbocycles. The van der Waals surface area contributed by atoms with Crippen molar-refractivity contribution in [3.8, 4) is 10.6 Å². The SMILES string of the molecule is CCOC(=O)c1cnn2c(-c3cccs3)cc(S(C)(=O)=O)nc12. The monoisotopic (exact) mass is 351 g/mol. The van der Waals surface area contributed by atoms with Gasteiger partial charge in [0, 0.05) is 12.3 Å². The predicted molar refractivity (Wildman–Crippen MR) is 85.4 cm³/mol. The summed E-state index contributed by atoms with van der Waals surface area (Å²) in [5, 5.41) is 5.93. The molecule has 0 saturated heterocycles. The van der Waals surface area contributed by atoms with Gasteiger partial charge in [-0.2, -0.15) is 5.10 Å². The smallest absolute Gasteiger partial charge is 0.343 e. The number of thiophene rings is 1. The largest absolute Gasteiger partial charge is 0.462 e. The van der Waals surface area contributed by atoms with Crippen LogP contribution < -0.4 is 0 Å². The number of ether oxygens (including phenoxy) is 1. The second-order valence-electron chi connectivity index (χ2n) is 4.74. The number of nitrogens with zero attached hydrogens (tertiary/aromatic N) is 3. The summed E-state index contributed by atoms with van der Waals surface area (Å²) in [5.74, 6) is -0.585. The minimum absolute atomic E-state index is 0.112. The van der Waals surface area contributed by atoms with E-state index in [9.17, 15) is 13.2 Å². The number of sulfone groups is 1. The van der Waals surface area contributed by atoms with Crippen LogP contribution in [0.4, 0.5) is 0 Å². The summed E-state index contributed by atoms with van der Waals surface area (Å²) < 4.78 is 30.3. The van der Waals surface area contributed by atoms with Gasteiger partial charge >= 0.3 is 5.97 Å². The first kappa shape index (κ1) is 15.6. The lowest BCUT2D eigenvalue weighted by Gasteiger charge is -2.06.